The fourth-order valence-corrected chi connectivity index (χ4v) is 3.09. The maximum atomic E-state index is 5.09. The molecule has 4 aromatic rings. The summed E-state index contributed by atoms with van der Waals surface area (Å²) in [6.07, 6.45) is 5.07. The third-order valence-electron chi connectivity index (χ3n) is 4.34. The van der Waals surface area contributed by atoms with E-state index in [0.29, 0.717) is 12.3 Å². The summed E-state index contributed by atoms with van der Waals surface area (Å²) in [7, 11) is 1.61. The fourth-order valence-electron chi connectivity index (χ4n) is 3.09. The van der Waals surface area contributed by atoms with Gasteiger partial charge in [-0.3, -0.25) is 0 Å². The molecule has 130 valence electrons. The first-order valence-electron chi connectivity index (χ1n) is 8.57. The molecule has 0 aliphatic heterocycles. The lowest BCUT2D eigenvalue weighted by atomic mass is 10.1. The van der Waals surface area contributed by atoms with Crippen molar-refractivity contribution in [1.29, 1.82) is 0 Å². The second-order valence-electron chi connectivity index (χ2n) is 6.40. The highest BCUT2D eigenvalue weighted by Gasteiger charge is 2.05. The van der Waals surface area contributed by atoms with Crippen LogP contribution >= 0.6 is 0 Å². The van der Waals surface area contributed by atoms with E-state index in [9.17, 15) is 0 Å². The first-order chi connectivity index (χ1) is 12.7. The Labute approximate surface area is 152 Å². The third-order valence-corrected chi connectivity index (χ3v) is 4.34. The summed E-state index contributed by atoms with van der Waals surface area (Å²) in [5.74, 6) is 1.41. The van der Waals surface area contributed by atoms with Gasteiger partial charge in [-0.2, -0.15) is 0 Å². The average molecular weight is 344 g/mol. The first-order valence-corrected chi connectivity index (χ1v) is 8.57. The van der Waals surface area contributed by atoms with Crippen LogP contribution in [0.2, 0.25) is 0 Å². The van der Waals surface area contributed by atoms with Crippen LogP contribution in [-0.4, -0.2) is 27.0 Å². The summed E-state index contributed by atoms with van der Waals surface area (Å²) in [5, 5.41) is 1.23. The van der Waals surface area contributed by atoms with Gasteiger partial charge in [0.25, 0.3) is 0 Å². The lowest BCUT2D eigenvalue weighted by Gasteiger charge is -2.05. The van der Waals surface area contributed by atoms with E-state index >= 15 is 0 Å². The van der Waals surface area contributed by atoms with Gasteiger partial charge in [0.1, 0.15) is 5.82 Å². The molecule has 0 fully saturated rings. The van der Waals surface area contributed by atoms with Gasteiger partial charge in [-0.1, -0.05) is 12.1 Å². The molecule has 0 saturated heterocycles. The number of methoxy groups -OCH3 is 1. The van der Waals surface area contributed by atoms with Crippen LogP contribution in [0, 0.1) is 6.92 Å². The largest absolute Gasteiger partial charge is 0.481 e. The van der Waals surface area contributed by atoms with Gasteiger partial charge in [0, 0.05) is 48.2 Å². The Morgan fingerprint density at radius 1 is 0.962 bits per heavy atom. The van der Waals surface area contributed by atoms with Crippen molar-refractivity contribution in [3.63, 3.8) is 0 Å². The molecule has 0 saturated carbocycles. The molecule has 0 aliphatic rings. The molecule has 0 amide bonds. The van der Waals surface area contributed by atoms with Crippen LogP contribution in [0.3, 0.4) is 0 Å². The molecule has 1 aromatic carbocycles. The Bertz CT molecular complexity index is 1040. The summed E-state index contributed by atoms with van der Waals surface area (Å²) in [4.78, 5) is 16.7. The number of pyridine rings is 1. The van der Waals surface area contributed by atoms with E-state index in [1.807, 2.05) is 24.4 Å². The van der Waals surface area contributed by atoms with Crippen molar-refractivity contribution in [1.82, 2.24) is 19.9 Å². The molecule has 4 rings (SSSR count). The molecule has 1 N–H and O–H groups in total. The van der Waals surface area contributed by atoms with Crippen molar-refractivity contribution in [3.05, 3.63) is 83.2 Å². The van der Waals surface area contributed by atoms with Gasteiger partial charge in [-0.25, -0.2) is 15.0 Å². The van der Waals surface area contributed by atoms with Crippen molar-refractivity contribution in [2.24, 2.45) is 0 Å². The molecule has 0 atom stereocenters. The lowest BCUT2D eigenvalue weighted by Crippen LogP contribution is -2.01. The monoisotopic (exact) mass is 344 g/mol. The van der Waals surface area contributed by atoms with E-state index in [4.69, 9.17) is 9.72 Å². The number of ether oxygens (including phenoxy) is 1. The smallest absolute Gasteiger partial charge is 0.212 e. The van der Waals surface area contributed by atoms with Gasteiger partial charge in [-0.15, -0.1) is 0 Å². The predicted molar refractivity (Wildman–Crippen MR) is 101 cm³/mol. The quantitative estimate of drug-likeness (QED) is 0.597. The zero-order chi connectivity index (χ0) is 17.9. The first kappa shape index (κ1) is 16.3. The molecule has 3 heterocycles. The molecule has 0 bridgehead atoms. The minimum atomic E-state index is 0.610. The summed E-state index contributed by atoms with van der Waals surface area (Å²) in [5.41, 5.74) is 5.67. The molecule has 5 heteroatoms. The van der Waals surface area contributed by atoms with Crippen molar-refractivity contribution >= 4 is 10.9 Å². The molecular weight excluding hydrogens is 324 g/mol. The Balaban J connectivity index is 1.52. The molecule has 0 radical (unpaired) electrons. The number of aryl methyl sites for hydroxylation is 1. The van der Waals surface area contributed by atoms with Gasteiger partial charge in [0.2, 0.25) is 5.88 Å². The number of rotatable bonds is 5. The van der Waals surface area contributed by atoms with Gasteiger partial charge >= 0.3 is 0 Å². The van der Waals surface area contributed by atoms with Crippen LogP contribution in [0.4, 0.5) is 0 Å². The minimum Gasteiger partial charge on any atom is -0.481 e. The molecule has 0 aliphatic carbocycles. The third kappa shape index (κ3) is 3.57. The standard InChI is InChI=1S/C21H20N4O/c1-14-9-17-10-15(3-5-19(17)24-14)11-18-7-8-22-20(25-18)12-16-4-6-21(26-2)23-13-16/h3-10,13,24H,11-12H2,1-2H3. The fraction of sp³-hybridized carbons (Fsp3) is 0.190. The topological polar surface area (TPSA) is 63.7 Å². The average Bonchev–Trinajstić information content (AvgIpc) is 3.02. The maximum absolute atomic E-state index is 5.09. The molecule has 0 spiro atoms. The number of nitrogens with one attached hydrogen (secondary N) is 1. The van der Waals surface area contributed by atoms with Crippen LogP contribution in [-0.2, 0) is 12.8 Å². The van der Waals surface area contributed by atoms with Gasteiger partial charge in [0.15, 0.2) is 0 Å². The number of H-pyrrole nitrogens is 1. The second-order valence-corrected chi connectivity index (χ2v) is 6.40. The summed E-state index contributed by atoms with van der Waals surface area (Å²) < 4.78 is 5.09. The SMILES string of the molecule is COc1ccc(Cc2nccc(Cc3ccc4[nH]c(C)cc4c3)n2)cn1. The summed E-state index contributed by atoms with van der Waals surface area (Å²) in [6.45, 7) is 2.07. The second kappa shape index (κ2) is 6.96. The zero-order valence-electron chi connectivity index (χ0n) is 14.9. The van der Waals surface area contributed by atoms with Crippen LogP contribution in [0.1, 0.15) is 28.3 Å². The normalized spacial score (nSPS) is 11.0. The number of aromatic nitrogens is 4. The molecule has 0 unspecified atom stereocenters. The van der Waals surface area contributed by atoms with Crippen molar-refractivity contribution in [2.75, 3.05) is 7.11 Å². The Morgan fingerprint density at radius 3 is 2.65 bits per heavy atom. The van der Waals surface area contributed by atoms with E-state index < -0.39 is 0 Å². The van der Waals surface area contributed by atoms with Gasteiger partial charge in [0.05, 0.1) is 7.11 Å². The van der Waals surface area contributed by atoms with Crippen molar-refractivity contribution in [3.8, 4) is 5.88 Å². The highest BCUT2D eigenvalue weighted by atomic mass is 16.5. The molecule has 5 nitrogen and oxygen atoms in total. The van der Waals surface area contributed by atoms with Crippen molar-refractivity contribution < 1.29 is 4.74 Å². The highest BCUT2D eigenvalue weighted by Crippen LogP contribution is 2.19. The number of hydrogen-bond donors (Lipinski definition) is 1. The highest BCUT2D eigenvalue weighted by molar-refractivity contribution is 5.81. The Kier molecular flexibility index (Phi) is 4.35. The van der Waals surface area contributed by atoms with Crippen LogP contribution in [0.5, 0.6) is 5.88 Å². The number of benzene rings is 1. The van der Waals surface area contributed by atoms with Crippen LogP contribution < -0.4 is 4.74 Å². The molecular formula is C21H20N4O. The number of aromatic amines is 1. The maximum Gasteiger partial charge on any atom is 0.212 e. The van der Waals surface area contributed by atoms with E-state index in [1.54, 1.807) is 13.3 Å². The van der Waals surface area contributed by atoms with E-state index in [2.05, 4.69) is 46.1 Å². The van der Waals surface area contributed by atoms with E-state index in [0.717, 1.165) is 23.5 Å². The lowest BCUT2D eigenvalue weighted by molar-refractivity contribution is 0.397. The van der Waals surface area contributed by atoms with Gasteiger partial charge in [-0.05, 0) is 47.7 Å². The number of fused-ring (bicyclic) bond motifs is 1. The molecule has 3 aromatic heterocycles. The van der Waals surface area contributed by atoms with Crippen LogP contribution in [0.15, 0.2) is 54.9 Å². The number of hydrogen-bond acceptors (Lipinski definition) is 4. The van der Waals surface area contributed by atoms with E-state index in [-0.39, 0.29) is 0 Å². The van der Waals surface area contributed by atoms with Crippen molar-refractivity contribution in [2.45, 2.75) is 19.8 Å². The predicted octanol–water partition coefficient (Wildman–Crippen LogP) is 3.85. The minimum absolute atomic E-state index is 0.610. The molecule has 26 heavy (non-hydrogen) atoms. The Hall–Kier alpha value is -3.21. The Morgan fingerprint density at radius 2 is 1.85 bits per heavy atom. The van der Waals surface area contributed by atoms with Gasteiger partial charge < -0.3 is 9.72 Å². The van der Waals surface area contributed by atoms with E-state index in [1.165, 1.54) is 22.2 Å². The van der Waals surface area contributed by atoms with Crippen LogP contribution in [0.25, 0.3) is 10.9 Å². The summed E-state index contributed by atoms with van der Waals surface area (Å²) >= 11 is 0. The summed E-state index contributed by atoms with van der Waals surface area (Å²) in [6, 6.07) is 14.5. The number of nitrogens with zero attached hydrogens (tertiary/aromatic N) is 3. The zero-order valence-corrected chi connectivity index (χ0v) is 14.9.